The van der Waals surface area contributed by atoms with Crippen LogP contribution >= 0.6 is 0 Å². The number of benzene rings is 2. The van der Waals surface area contributed by atoms with Crippen molar-refractivity contribution in [2.24, 2.45) is 0 Å². The highest BCUT2D eigenvalue weighted by molar-refractivity contribution is 5.90. The molecule has 0 unspecified atom stereocenters. The minimum absolute atomic E-state index is 0.251. The largest absolute Gasteiger partial charge is 0.467 e. The minimum Gasteiger partial charge on any atom is -0.467 e. The molecule has 0 spiro atoms. The Kier molecular flexibility index (Phi) is 8.02. The molecule has 2 aromatic carbocycles. The lowest BCUT2D eigenvalue weighted by atomic mass is 10.0. The maximum atomic E-state index is 12.8. The molecule has 0 heterocycles. The number of methoxy groups -OCH3 is 2. The second kappa shape index (κ2) is 10.7. The van der Waals surface area contributed by atoms with E-state index >= 15 is 0 Å². The van der Waals surface area contributed by atoms with Crippen LogP contribution in [-0.2, 0) is 31.9 Å². The molecule has 0 saturated heterocycles. The quantitative estimate of drug-likeness (QED) is 0.678. The number of nitrogens with one attached hydrogen (secondary N) is 2. The summed E-state index contributed by atoms with van der Waals surface area (Å²) in [7, 11) is 2.49. The fourth-order valence-corrected chi connectivity index (χ4v) is 2.72. The molecule has 148 valence electrons. The third kappa shape index (κ3) is 6.42. The number of rotatable bonds is 8. The van der Waals surface area contributed by atoms with Gasteiger partial charge in [-0.05, 0) is 11.1 Å². The van der Waals surface area contributed by atoms with Gasteiger partial charge in [0.25, 0.3) is 0 Å². The summed E-state index contributed by atoms with van der Waals surface area (Å²) in [6.07, 6.45) is -0.204. The molecule has 0 bridgehead atoms. The average Bonchev–Trinajstić information content (AvgIpc) is 2.73. The van der Waals surface area contributed by atoms with Crippen molar-refractivity contribution in [1.29, 1.82) is 0 Å². The van der Waals surface area contributed by atoms with Crippen LogP contribution in [0, 0.1) is 0 Å². The van der Waals surface area contributed by atoms with Gasteiger partial charge in [-0.15, -0.1) is 0 Å². The van der Waals surface area contributed by atoms with Crippen molar-refractivity contribution in [3.63, 3.8) is 0 Å². The van der Waals surface area contributed by atoms with Crippen LogP contribution in [-0.4, -0.2) is 44.3 Å². The molecular weight excluding hydrogens is 360 g/mol. The number of amides is 2. The second-order valence-electron chi connectivity index (χ2n) is 6.15. The normalized spacial score (nSPS) is 12.4. The lowest BCUT2D eigenvalue weighted by molar-refractivity contribution is -0.145. The van der Waals surface area contributed by atoms with Gasteiger partial charge < -0.3 is 20.1 Å². The van der Waals surface area contributed by atoms with Crippen molar-refractivity contribution in [2.45, 2.75) is 24.9 Å². The van der Waals surface area contributed by atoms with Gasteiger partial charge in [0.15, 0.2) is 0 Å². The molecule has 0 aliphatic rings. The smallest absolute Gasteiger partial charge is 0.407 e. The number of esters is 1. The fraction of sp³-hybridized carbons (Fsp3) is 0.286. The van der Waals surface area contributed by atoms with Crippen LogP contribution in [0.25, 0.3) is 0 Å². The van der Waals surface area contributed by atoms with Gasteiger partial charge in [0, 0.05) is 12.8 Å². The first-order valence-corrected chi connectivity index (χ1v) is 8.84. The molecule has 2 atom stereocenters. The van der Waals surface area contributed by atoms with E-state index in [-0.39, 0.29) is 12.8 Å². The monoisotopic (exact) mass is 384 g/mol. The van der Waals surface area contributed by atoms with Gasteiger partial charge >= 0.3 is 12.1 Å². The van der Waals surface area contributed by atoms with E-state index in [4.69, 9.17) is 4.74 Å². The molecule has 0 radical (unpaired) electrons. The van der Waals surface area contributed by atoms with Crippen LogP contribution in [0.2, 0.25) is 0 Å². The maximum absolute atomic E-state index is 12.8. The summed E-state index contributed by atoms with van der Waals surface area (Å²) in [6, 6.07) is 16.7. The predicted molar refractivity (Wildman–Crippen MR) is 104 cm³/mol. The van der Waals surface area contributed by atoms with Crippen LogP contribution in [0.15, 0.2) is 60.7 Å². The molecule has 2 aromatic rings. The van der Waals surface area contributed by atoms with Crippen molar-refractivity contribution in [1.82, 2.24) is 10.6 Å². The summed E-state index contributed by atoms with van der Waals surface area (Å²) >= 11 is 0. The van der Waals surface area contributed by atoms with Gasteiger partial charge in [-0.25, -0.2) is 9.59 Å². The zero-order valence-electron chi connectivity index (χ0n) is 15.9. The minimum atomic E-state index is -0.905. The maximum Gasteiger partial charge on any atom is 0.407 e. The first kappa shape index (κ1) is 21.0. The number of alkyl carbamates (subject to hydrolysis) is 1. The van der Waals surface area contributed by atoms with E-state index in [2.05, 4.69) is 15.4 Å². The Balaban J connectivity index is 2.14. The van der Waals surface area contributed by atoms with Crippen LogP contribution in [0.4, 0.5) is 4.79 Å². The molecule has 28 heavy (non-hydrogen) atoms. The SMILES string of the molecule is COC(=O)N[C@@H](Cc1ccccc1)C(=O)N[C@@H](Cc1ccccc1)C(=O)OC. The molecule has 2 amide bonds. The average molecular weight is 384 g/mol. The summed E-state index contributed by atoms with van der Waals surface area (Å²) in [5, 5.41) is 5.20. The van der Waals surface area contributed by atoms with E-state index in [1.54, 1.807) is 0 Å². The zero-order chi connectivity index (χ0) is 20.4. The highest BCUT2D eigenvalue weighted by atomic mass is 16.5. The van der Waals surface area contributed by atoms with Gasteiger partial charge in [0.05, 0.1) is 14.2 Å². The molecular formula is C21H24N2O5. The summed E-state index contributed by atoms with van der Waals surface area (Å²) < 4.78 is 9.44. The Morgan fingerprint density at radius 2 is 1.25 bits per heavy atom. The molecule has 7 heteroatoms. The Morgan fingerprint density at radius 3 is 1.71 bits per heavy atom. The highest BCUT2D eigenvalue weighted by Gasteiger charge is 2.28. The third-order valence-electron chi connectivity index (χ3n) is 4.16. The van der Waals surface area contributed by atoms with E-state index in [1.807, 2.05) is 60.7 Å². The Morgan fingerprint density at radius 1 is 0.750 bits per heavy atom. The highest BCUT2D eigenvalue weighted by Crippen LogP contribution is 2.07. The zero-order valence-corrected chi connectivity index (χ0v) is 15.9. The van der Waals surface area contributed by atoms with Crippen molar-refractivity contribution in [3.05, 3.63) is 71.8 Å². The number of ether oxygens (including phenoxy) is 2. The van der Waals surface area contributed by atoms with Gasteiger partial charge in [-0.2, -0.15) is 0 Å². The van der Waals surface area contributed by atoms with Gasteiger partial charge in [0.1, 0.15) is 12.1 Å². The molecule has 0 aliphatic carbocycles. The standard InChI is InChI=1S/C21H24N2O5/c1-27-20(25)18(14-16-11-7-4-8-12-16)22-19(24)17(23-21(26)28-2)13-15-9-5-3-6-10-15/h3-12,17-18H,13-14H2,1-2H3,(H,22,24)(H,23,26)/t17-,18-/m0/s1. The van der Waals surface area contributed by atoms with Crippen molar-refractivity contribution < 1.29 is 23.9 Å². The van der Waals surface area contributed by atoms with Gasteiger partial charge in [-0.1, -0.05) is 60.7 Å². The fourth-order valence-electron chi connectivity index (χ4n) is 2.72. The summed E-state index contributed by atoms with van der Waals surface area (Å²) in [6.45, 7) is 0. The Labute approximate surface area is 164 Å². The molecule has 0 saturated carbocycles. The van der Waals surface area contributed by atoms with E-state index in [1.165, 1.54) is 14.2 Å². The summed E-state index contributed by atoms with van der Waals surface area (Å²) in [4.78, 5) is 36.7. The van der Waals surface area contributed by atoms with Crippen LogP contribution in [0.1, 0.15) is 11.1 Å². The van der Waals surface area contributed by atoms with Crippen LogP contribution < -0.4 is 10.6 Å². The lowest BCUT2D eigenvalue weighted by Gasteiger charge is -2.22. The molecule has 0 fully saturated rings. The van der Waals surface area contributed by atoms with E-state index in [0.29, 0.717) is 0 Å². The topological polar surface area (TPSA) is 93.7 Å². The third-order valence-corrected chi connectivity index (χ3v) is 4.16. The number of hydrogen-bond acceptors (Lipinski definition) is 5. The molecule has 0 aliphatic heterocycles. The summed E-state index contributed by atoms with van der Waals surface area (Å²) in [5.74, 6) is -1.06. The van der Waals surface area contributed by atoms with Crippen molar-refractivity contribution in [2.75, 3.05) is 14.2 Å². The first-order valence-electron chi connectivity index (χ1n) is 8.84. The molecule has 2 rings (SSSR count). The molecule has 7 nitrogen and oxygen atoms in total. The predicted octanol–water partition coefficient (Wildman–Crippen LogP) is 1.85. The van der Waals surface area contributed by atoms with Crippen molar-refractivity contribution >= 4 is 18.0 Å². The first-order chi connectivity index (χ1) is 13.5. The van der Waals surface area contributed by atoms with E-state index < -0.39 is 30.1 Å². The van der Waals surface area contributed by atoms with Gasteiger partial charge in [0.2, 0.25) is 5.91 Å². The number of hydrogen-bond donors (Lipinski definition) is 2. The van der Waals surface area contributed by atoms with Gasteiger partial charge in [-0.3, -0.25) is 4.79 Å². The van der Waals surface area contributed by atoms with Crippen molar-refractivity contribution in [3.8, 4) is 0 Å². The number of carbonyl (C=O) groups excluding carboxylic acids is 3. The molecule has 0 aromatic heterocycles. The number of carbonyl (C=O) groups is 3. The molecule has 2 N–H and O–H groups in total. The Hall–Kier alpha value is -3.35. The Bertz CT molecular complexity index is 780. The van der Waals surface area contributed by atoms with Crippen LogP contribution in [0.3, 0.4) is 0 Å². The van der Waals surface area contributed by atoms with E-state index in [0.717, 1.165) is 11.1 Å². The second-order valence-corrected chi connectivity index (χ2v) is 6.15. The van der Waals surface area contributed by atoms with Crippen LogP contribution in [0.5, 0.6) is 0 Å². The van der Waals surface area contributed by atoms with E-state index in [9.17, 15) is 14.4 Å². The lowest BCUT2D eigenvalue weighted by Crippen LogP contribution is -2.53. The summed E-state index contributed by atoms with van der Waals surface area (Å²) in [5.41, 5.74) is 1.73.